The molecule has 9 nitrogen and oxygen atoms in total. The van der Waals surface area contributed by atoms with Gasteiger partial charge >= 0.3 is 6.03 Å². The number of carbonyl (C=O) groups excluding carboxylic acids is 1. The first-order valence-corrected chi connectivity index (χ1v) is 9.95. The number of rotatable bonds is 3. The number of hydrogen-bond acceptors (Lipinski definition) is 6. The number of benzene rings is 2. The van der Waals surface area contributed by atoms with Gasteiger partial charge in [0, 0.05) is 39.8 Å². The molecule has 5 rings (SSSR count). The minimum absolute atomic E-state index is 0.0464. The predicted octanol–water partition coefficient (Wildman–Crippen LogP) is 1.94. The topological polar surface area (TPSA) is 92.1 Å². The minimum Gasteiger partial charge on any atom is -0.351 e. The van der Waals surface area contributed by atoms with Gasteiger partial charge in [-0.15, -0.1) is 5.10 Å². The molecule has 1 aliphatic rings. The summed E-state index contributed by atoms with van der Waals surface area (Å²) in [6.07, 6.45) is 1.53. The first kappa shape index (κ1) is 18.3. The molecule has 152 valence electrons. The molecule has 1 aliphatic heterocycles. The van der Waals surface area contributed by atoms with E-state index < -0.39 is 0 Å². The monoisotopic (exact) mass is 402 g/mol. The average molecular weight is 402 g/mol. The molecule has 0 aliphatic carbocycles. The molecule has 3 heterocycles. The number of aromatic nitrogens is 5. The predicted molar refractivity (Wildman–Crippen MR) is 114 cm³/mol. The van der Waals surface area contributed by atoms with Crippen molar-refractivity contribution in [3.05, 3.63) is 54.4 Å². The third-order valence-electron chi connectivity index (χ3n) is 5.55. The zero-order valence-electron chi connectivity index (χ0n) is 16.7. The highest BCUT2D eigenvalue weighted by Gasteiger charge is 2.24. The van der Waals surface area contributed by atoms with Crippen LogP contribution in [0.15, 0.2) is 48.8 Å². The van der Waals surface area contributed by atoms with Gasteiger partial charge in [-0.1, -0.05) is 47.7 Å². The molecule has 0 spiro atoms. The van der Waals surface area contributed by atoms with E-state index in [1.54, 1.807) is 4.68 Å². The standard InChI is InChI=1S/C21H22N8O/c1-27-19-18(25-26-27)20(24-14-23-19)28-9-11-29(12-10-28)21(30)22-13-16-7-4-6-15-5-2-3-8-17(15)16/h2-8,14H,9-13H2,1H3,(H,22,30). The molecule has 2 amide bonds. The quantitative estimate of drug-likeness (QED) is 0.563. The molecule has 0 saturated carbocycles. The highest BCUT2D eigenvalue weighted by molar-refractivity contribution is 5.86. The van der Waals surface area contributed by atoms with Crippen molar-refractivity contribution in [3.63, 3.8) is 0 Å². The van der Waals surface area contributed by atoms with E-state index >= 15 is 0 Å². The van der Waals surface area contributed by atoms with Crippen LogP contribution in [0.4, 0.5) is 10.6 Å². The number of fused-ring (bicyclic) bond motifs is 2. The van der Waals surface area contributed by atoms with Gasteiger partial charge in [0.05, 0.1) is 0 Å². The SMILES string of the molecule is Cn1nnc2c(N3CCN(C(=O)NCc4cccc5ccccc45)CC3)ncnc21. The lowest BCUT2D eigenvalue weighted by Crippen LogP contribution is -2.52. The first-order chi connectivity index (χ1) is 14.7. The molecule has 2 aromatic heterocycles. The van der Waals surface area contributed by atoms with Gasteiger partial charge in [-0.25, -0.2) is 19.4 Å². The maximum Gasteiger partial charge on any atom is 0.317 e. The fraction of sp³-hybridized carbons (Fsp3) is 0.286. The van der Waals surface area contributed by atoms with Crippen molar-refractivity contribution < 1.29 is 4.79 Å². The van der Waals surface area contributed by atoms with Crippen molar-refractivity contribution in [1.29, 1.82) is 0 Å². The number of amides is 2. The fourth-order valence-corrected chi connectivity index (χ4v) is 3.92. The minimum atomic E-state index is -0.0464. The van der Waals surface area contributed by atoms with Gasteiger partial charge in [0.15, 0.2) is 17.0 Å². The van der Waals surface area contributed by atoms with E-state index in [1.807, 2.05) is 30.1 Å². The van der Waals surface area contributed by atoms with Gasteiger partial charge in [0.25, 0.3) is 0 Å². The molecule has 30 heavy (non-hydrogen) atoms. The van der Waals surface area contributed by atoms with E-state index in [0.29, 0.717) is 43.9 Å². The molecular weight excluding hydrogens is 380 g/mol. The number of hydrogen-bond donors (Lipinski definition) is 1. The van der Waals surface area contributed by atoms with Crippen LogP contribution in [-0.2, 0) is 13.6 Å². The Bertz CT molecular complexity index is 1210. The average Bonchev–Trinajstić information content (AvgIpc) is 3.18. The highest BCUT2D eigenvalue weighted by Crippen LogP contribution is 2.21. The van der Waals surface area contributed by atoms with Crippen LogP contribution in [0.1, 0.15) is 5.56 Å². The third-order valence-corrected chi connectivity index (χ3v) is 5.55. The number of urea groups is 1. The summed E-state index contributed by atoms with van der Waals surface area (Å²) in [4.78, 5) is 25.3. The molecular formula is C21H22N8O. The second kappa shape index (κ2) is 7.58. The van der Waals surface area contributed by atoms with E-state index in [1.165, 1.54) is 17.1 Å². The van der Waals surface area contributed by atoms with E-state index in [4.69, 9.17) is 0 Å². The van der Waals surface area contributed by atoms with Crippen LogP contribution >= 0.6 is 0 Å². The second-order valence-corrected chi connectivity index (χ2v) is 7.35. The normalized spacial score (nSPS) is 14.4. The van der Waals surface area contributed by atoms with Crippen molar-refractivity contribution >= 4 is 33.8 Å². The molecule has 1 saturated heterocycles. The lowest BCUT2D eigenvalue weighted by molar-refractivity contribution is 0.194. The summed E-state index contributed by atoms with van der Waals surface area (Å²) < 4.78 is 1.64. The Hall–Kier alpha value is -3.75. The van der Waals surface area contributed by atoms with Gasteiger partial charge in [-0.05, 0) is 16.3 Å². The van der Waals surface area contributed by atoms with Crippen LogP contribution < -0.4 is 10.2 Å². The van der Waals surface area contributed by atoms with Crippen LogP contribution in [-0.4, -0.2) is 62.1 Å². The number of anilines is 1. The Morgan fingerprint density at radius 3 is 2.70 bits per heavy atom. The molecule has 9 heteroatoms. The number of nitrogens with one attached hydrogen (secondary N) is 1. The smallest absolute Gasteiger partial charge is 0.317 e. The van der Waals surface area contributed by atoms with Crippen molar-refractivity contribution in [3.8, 4) is 0 Å². The number of piperazine rings is 1. The zero-order valence-corrected chi connectivity index (χ0v) is 16.7. The van der Waals surface area contributed by atoms with Crippen LogP contribution in [0.5, 0.6) is 0 Å². The van der Waals surface area contributed by atoms with Crippen molar-refractivity contribution in [2.24, 2.45) is 7.05 Å². The van der Waals surface area contributed by atoms with Crippen LogP contribution in [0.3, 0.4) is 0 Å². The lowest BCUT2D eigenvalue weighted by atomic mass is 10.0. The number of nitrogens with zero attached hydrogens (tertiary/aromatic N) is 7. The molecule has 0 atom stereocenters. The summed E-state index contributed by atoms with van der Waals surface area (Å²) in [5, 5.41) is 13.6. The molecule has 0 bridgehead atoms. The number of aryl methyl sites for hydroxylation is 1. The molecule has 0 radical (unpaired) electrons. The van der Waals surface area contributed by atoms with E-state index in [-0.39, 0.29) is 6.03 Å². The third kappa shape index (κ3) is 3.28. The molecule has 2 aromatic carbocycles. The maximum absolute atomic E-state index is 12.7. The summed E-state index contributed by atoms with van der Waals surface area (Å²) in [6, 6.07) is 14.3. The Morgan fingerprint density at radius 2 is 1.83 bits per heavy atom. The van der Waals surface area contributed by atoms with Crippen LogP contribution in [0.2, 0.25) is 0 Å². The van der Waals surface area contributed by atoms with Gasteiger partial charge in [0.1, 0.15) is 6.33 Å². The van der Waals surface area contributed by atoms with Crippen molar-refractivity contribution in [2.45, 2.75) is 6.54 Å². The Morgan fingerprint density at radius 1 is 1.03 bits per heavy atom. The van der Waals surface area contributed by atoms with Gasteiger partial charge < -0.3 is 15.1 Å². The summed E-state index contributed by atoms with van der Waals surface area (Å²) in [5.41, 5.74) is 2.51. The van der Waals surface area contributed by atoms with Crippen LogP contribution in [0.25, 0.3) is 21.9 Å². The Kier molecular flexibility index (Phi) is 4.62. The van der Waals surface area contributed by atoms with Gasteiger partial charge in [-0.2, -0.15) is 0 Å². The van der Waals surface area contributed by atoms with E-state index in [9.17, 15) is 4.79 Å². The van der Waals surface area contributed by atoms with E-state index in [0.717, 1.165) is 11.4 Å². The zero-order chi connectivity index (χ0) is 20.5. The summed E-state index contributed by atoms with van der Waals surface area (Å²) in [5.74, 6) is 0.768. The van der Waals surface area contributed by atoms with Crippen molar-refractivity contribution in [1.82, 2.24) is 35.2 Å². The van der Waals surface area contributed by atoms with Crippen molar-refractivity contribution in [2.75, 3.05) is 31.1 Å². The largest absolute Gasteiger partial charge is 0.351 e. The van der Waals surface area contributed by atoms with E-state index in [2.05, 4.69) is 54.8 Å². The van der Waals surface area contributed by atoms with Gasteiger partial charge in [0.2, 0.25) is 0 Å². The van der Waals surface area contributed by atoms with Crippen LogP contribution in [0, 0.1) is 0 Å². The van der Waals surface area contributed by atoms with Gasteiger partial charge in [-0.3, -0.25) is 0 Å². The second-order valence-electron chi connectivity index (χ2n) is 7.35. The first-order valence-electron chi connectivity index (χ1n) is 9.95. The fourth-order valence-electron chi connectivity index (χ4n) is 3.92. The molecule has 1 fully saturated rings. The maximum atomic E-state index is 12.7. The summed E-state index contributed by atoms with van der Waals surface area (Å²) in [7, 11) is 1.81. The molecule has 0 unspecified atom stereocenters. The molecule has 4 aromatic rings. The number of carbonyl (C=O) groups is 1. The Balaban J connectivity index is 1.23. The molecule has 1 N–H and O–H groups in total. The lowest BCUT2D eigenvalue weighted by Gasteiger charge is -2.35. The summed E-state index contributed by atoms with van der Waals surface area (Å²) >= 11 is 0. The Labute approximate surface area is 173 Å². The highest BCUT2D eigenvalue weighted by atomic mass is 16.2. The summed E-state index contributed by atoms with van der Waals surface area (Å²) in [6.45, 7) is 3.11.